The van der Waals surface area contributed by atoms with E-state index in [0.717, 1.165) is 44.7 Å². The van der Waals surface area contributed by atoms with Crippen LogP contribution in [0.25, 0.3) is 0 Å². The van der Waals surface area contributed by atoms with Crippen molar-refractivity contribution in [1.82, 2.24) is 14.8 Å². The molecule has 0 saturated carbocycles. The number of rotatable bonds is 5. The molecule has 1 atom stereocenters. The van der Waals surface area contributed by atoms with Crippen molar-refractivity contribution < 1.29 is 4.79 Å². The minimum absolute atomic E-state index is 0.110. The van der Waals surface area contributed by atoms with Gasteiger partial charge in [-0.05, 0) is 38.4 Å². The highest BCUT2D eigenvalue weighted by Crippen LogP contribution is 2.21. The highest BCUT2D eigenvalue weighted by Gasteiger charge is 2.28. The number of hydrogen-bond donors (Lipinski definition) is 1. The average molecular weight is 284 g/mol. The molecule has 1 amide bonds. The van der Waals surface area contributed by atoms with E-state index >= 15 is 0 Å². The molecular weight excluding hydrogens is 262 g/mol. The van der Waals surface area contributed by atoms with Gasteiger partial charge in [0.25, 0.3) is 5.91 Å². The smallest absolute Gasteiger partial charge is 0.270 e. The molecule has 5 heteroatoms. The molecule has 1 aromatic rings. The van der Waals surface area contributed by atoms with E-state index in [0.29, 0.717) is 10.9 Å². The van der Waals surface area contributed by atoms with Gasteiger partial charge in [-0.1, -0.05) is 18.5 Å². The summed E-state index contributed by atoms with van der Waals surface area (Å²) in [5.41, 5.74) is 0.719. The van der Waals surface area contributed by atoms with E-state index < -0.39 is 0 Å². The van der Waals surface area contributed by atoms with Gasteiger partial charge in [-0.2, -0.15) is 0 Å². The van der Waals surface area contributed by atoms with Crippen LogP contribution in [0.4, 0.5) is 0 Å². The summed E-state index contributed by atoms with van der Waals surface area (Å²) in [6.07, 6.45) is 3.92. The maximum atomic E-state index is 12.5. The topological polar surface area (TPSA) is 37.3 Å². The molecule has 1 aliphatic rings. The molecule has 0 bridgehead atoms. The molecule has 0 aliphatic carbocycles. The van der Waals surface area contributed by atoms with Gasteiger partial charge < -0.3 is 14.8 Å². The minimum atomic E-state index is 0.110. The van der Waals surface area contributed by atoms with E-state index in [-0.39, 0.29) is 5.91 Å². The lowest BCUT2D eigenvalue weighted by Gasteiger charge is -2.17. The first-order chi connectivity index (χ1) is 9.15. The number of likely N-dealkylation sites (tertiary alicyclic amines) is 1. The Hall–Kier alpha value is -1.00. The molecule has 1 fully saturated rings. The van der Waals surface area contributed by atoms with Crippen LogP contribution in [0.3, 0.4) is 0 Å². The van der Waals surface area contributed by atoms with Crippen molar-refractivity contribution in [2.24, 2.45) is 5.92 Å². The molecule has 19 heavy (non-hydrogen) atoms. The van der Waals surface area contributed by atoms with Gasteiger partial charge in [0.15, 0.2) is 0 Å². The molecular formula is C14H22ClN3O. The molecule has 1 aliphatic heterocycles. The van der Waals surface area contributed by atoms with Crippen LogP contribution in [-0.4, -0.2) is 42.1 Å². The third-order valence-electron chi connectivity index (χ3n) is 3.61. The predicted molar refractivity (Wildman–Crippen MR) is 77.7 cm³/mol. The summed E-state index contributed by atoms with van der Waals surface area (Å²) >= 11 is 6.03. The summed E-state index contributed by atoms with van der Waals surface area (Å²) in [5, 5.41) is 3.82. The van der Waals surface area contributed by atoms with Crippen LogP contribution in [0.15, 0.2) is 12.3 Å². The Morgan fingerprint density at radius 3 is 3.05 bits per heavy atom. The monoisotopic (exact) mass is 283 g/mol. The number of hydrogen-bond acceptors (Lipinski definition) is 2. The van der Waals surface area contributed by atoms with Gasteiger partial charge in [-0.25, -0.2) is 0 Å². The normalized spacial score (nSPS) is 19.1. The quantitative estimate of drug-likeness (QED) is 0.900. The molecule has 0 spiro atoms. The predicted octanol–water partition coefficient (Wildman–Crippen LogP) is 2.23. The van der Waals surface area contributed by atoms with Crippen molar-refractivity contribution in [3.05, 3.63) is 23.0 Å². The van der Waals surface area contributed by atoms with Crippen molar-refractivity contribution in [3.63, 3.8) is 0 Å². The Kier molecular flexibility index (Phi) is 4.88. The number of carbonyl (C=O) groups is 1. The lowest BCUT2D eigenvalue weighted by Crippen LogP contribution is -2.31. The second kappa shape index (κ2) is 6.44. The summed E-state index contributed by atoms with van der Waals surface area (Å²) in [6.45, 7) is 5.59. The number of nitrogens with zero attached hydrogens (tertiary/aromatic N) is 2. The van der Waals surface area contributed by atoms with Crippen molar-refractivity contribution in [3.8, 4) is 0 Å². The molecule has 1 unspecified atom stereocenters. The van der Waals surface area contributed by atoms with Gasteiger partial charge in [0.05, 0.1) is 5.02 Å². The van der Waals surface area contributed by atoms with E-state index in [2.05, 4.69) is 12.2 Å². The zero-order valence-electron chi connectivity index (χ0n) is 11.7. The van der Waals surface area contributed by atoms with Crippen LogP contribution in [0, 0.1) is 5.92 Å². The van der Waals surface area contributed by atoms with Crippen LogP contribution >= 0.6 is 11.6 Å². The number of halogens is 1. The standard InChI is InChI=1S/C14H22ClN3O/c1-3-5-17-10-12(15)7-13(17)14(19)18-6-4-11(9-18)8-16-2/h7,10-11,16H,3-6,8-9H2,1-2H3. The number of aromatic nitrogens is 1. The van der Waals surface area contributed by atoms with E-state index in [9.17, 15) is 4.79 Å². The zero-order chi connectivity index (χ0) is 13.8. The van der Waals surface area contributed by atoms with Crippen LogP contribution in [0.1, 0.15) is 30.3 Å². The summed E-state index contributed by atoms with van der Waals surface area (Å²) in [6, 6.07) is 1.78. The van der Waals surface area contributed by atoms with Crippen molar-refractivity contribution in [2.45, 2.75) is 26.3 Å². The summed E-state index contributed by atoms with van der Waals surface area (Å²) in [4.78, 5) is 14.5. The lowest BCUT2D eigenvalue weighted by atomic mass is 10.1. The Balaban J connectivity index is 2.07. The minimum Gasteiger partial charge on any atom is -0.342 e. The fourth-order valence-electron chi connectivity index (χ4n) is 2.71. The lowest BCUT2D eigenvalue weighted by molar-refractivity contribution is 0.0776. The number of carbonyl (C=O) groups excluding carboxylic acids is 1. The van der Waals surface area contributed by atoms with Gasteiger partial charge in [0.2, 0.25) is 0 Å². The highest BCUT2D eigenvalue weighted by molar-refractivity contribution is 6.31. The van der Waals surface area contributed by atoms with Crippen molar-refractivity contribution >= 4 is 17.5 Å². The van der Waals surface area contributed by atoms with E-state index in [4.69, 9.17) is 11.6 Å². The molecule has 1 aromatic heterocycles. The maximum absolute atomic E-state index is 12.5. The van der Waals surface area contributed by atoms with Gasteiger partial charge >= 0.3 is 0 Å². The van der Waals surface area contributed by atoms with E-state index in [1.165, 1.54) is 0 Å². The molecule has 0 aromatic carbocycles. The summed E-state index contributed by atoms with van der Waals surface area (Å²) in [7, 11) is 1.96. The number of aryl methyl sites for hydroxylation is 1. The second-order valence-electron chi connectivity index (χ2n) is 5.20. The van der Waals surface area contributed by atoms with Crippen LogP contribution < -0.4 is 5.32 Å². The molecule has 0 radical (unpaired) electrons. The van der Waals surface area contributed by atoms with E-state index in [1.807, 2.05) is 22.7 Å². The van der Waals surface area contributed by atoms with Crippen LogP contribution in [-0.2, 0) is 6.54 Å². The van der Waals surface area contributed by atoms with Crippen LogP contribution in [0.2, 0.25) is 5.02 Å². The number of amides is 1. The molecule has 2 rings (SSSR count). The van der Waals surface area contributed by atoms with Gasteiger partial charge in [-0.15, -0.1) is 0 Å². The largest absolute Gasteiger partial charge is 0.342 e. The third-order valence-corrected chi connectivity index (χ3v) is 3.82. The second-order valence-corrected chi connectivity index (χ2v) is 5.64. The average Bonchev–Trinajstić information content (AvgIpc) is 2.97. The molecule has 4 nitrogen and oxygen atoms in total. The van der Waals surface area contributed by atoms with Crippen molar-refractivity contribution in [1.29, 1.82) is 0 Å². The Morgan fingerprint density at radius 1 is 1.58 bits per heavy atom. The third kappa shape index (κ3) is 3.31. The molecule has 1 N–H and O–H groups in total. The molecule has 2 heterocycles. The first-order valence-corrected chi connectivity index (χ1v) is 7.33. The van der Waals surface area contributed by atoms with Gasteiger partial charge in [-0.3, -0.25) is 4.79 Å². The Bertz CT molecular complexity index is 444. The zero-order valence-corrected chi connectivity index (χ0v) is 12.4. The fraction of sp³-hybridized carbons (Fsp3) is 0.643. The Morgan fingerprint density at radius 2 is 2.37 bits per heavy atom. The van der Waals surface area contributed by atoms with Crippen molar-refractivity contribution in [2.75, 3.05) is 26.7 Å². The fourth-order valence-corrected chi connectivity index (χ4v) is 2.94. The maximum Gasteiger partial charge on any atom is 0.270 e. The molecule has 1 saturated heterocycles. The first kappa shape index (κ1) is 14.4. The SMILES string of the molecule is CCCn1cc(Cl)cc1C(=O)N1CCC(CNC)C1. The Labute approximate surface area is 119 Å². The number of nitrogens with one attached hydrogen (secondary N) is 1. The van der Waals surface area contributed by atoms with Gasteiger partial charge in [0.1, 0.15) is 5.69 Å². The van der Waals surface area contributed by atoms with Crippen LogP contribution in [0.5, 0.6) is 0 Å². The highest BCUT2D eigenvalue weighted by atomic mass is 35.5. The summed E-state index contributed by atoms with van der Waals surface area (Å²) in [5.74, 6) is 0.679. The first-order valence-electron chi connectivity index (χ1n) is 6.95. The van der Waals surface area contributed by atoms with Gasteiger partial charge in [0, 0.05) is 25.8 Å². The van der Waals surface area contributed by atoms with E-state index in [1.54, 1.807) is 6.07 Å². The molecule has 106 valence electrons. The summed E-state index contributed by atoms with van der Waals surface area (Å²) < 4.78 is 1.97.